The van der Waals surface area contributed by atoms with Gasteiger partial charge in [-0.15, -0.1) is 0 Å². The number of carbonyl (C=O) groups excluding carboxylic acids is 1. The Morgan fingerprint density at radius 2 is 2.18 bits per heavy atom. The molecule has 0 saturated carbocycles. The molecular formula is C15H19N3O4. The number of rotatable bonds is 6. The third-order valence-corrected chi connectivity index (χ3v) is 3.46. The number of pyridine rings is 1. The first-order valence-electron chi connectivity index (χ1n) is 6.70. The zero-order chi connectivity index (χ0) is 16.9. The molecule has 7 nitrogen and oxygen atoms in total. The highest BCUT2D eigenvalue weighted by Gasteiger charge is 2.32. The van der Waals surface area contributed by atoms with E-state index in [4.69, 9.17) is 4.74 Å². The summed E-state index contributed by atoms with van der Waals surface area (Å²) >= 11 is 0. The Balaban J connectivity index is 3.18. The normalized spacial score (nSPS) is 13.3. The van der Waals surface area contributed by atoms with Crippen molar-refractivity contribution in [2.75, 3.05) is 7.11 Å². The summed E-state index contributed by atoms with van der Waals surface area (Å²) in [6, 6.07) is 3.37. The average Bonchev–Trinajstić information content (AvgIpc) is 2.46. The average molecular weight is 305 g/mol. The molecule has 7 heteroatoms. The molecule has 0 fully saturated rings. The summed E-state index contributed by atoms with van der Waals surface area (Å²) in [7, 11) is 1.47. The Hall–Kier alpha value is -2.46. The van der Waals surface area contributed by atoms with Crippen LogP contribution >= 0.6 is 0 Å². The molecule has 1 amide bonds. The van der Waals surface area contributed by atoms with Gasteiger partial charge in [0.25, 0.3) is 5.91 Å². The second kappa shape index (κ2) is 7.00. The Morgan fingerprint density at radius 1 is 1.55 bits per heavy atom. The molecule has 1 heterocycles. The van der Waals surface area contributed by atoms with Gasteiger partial charge in [-0.3, -0.25) is 4.79 Å². The van der Waals surface area contributed by atoms with Gasteiger partial charge in [-0.2, -0.15) is 5.26 Å². The van der Waals surface area contributed by atoms with Crippen LogP contribution in [0.5, 0.6) is 0 Å². The van der Waals surface area contributed by atoms with Crippen molar-refractivity contribution < 1.29 is 19.4 Å². The minimum absolute atomic E-state index is 0.150. The molecule has 2 N–H and O–H groups in total. The Kier molecular flexibility index (Phi) is 5.60. The van der Waals surface area contributed by atoms with E-state index in [0.29, 0.717) is 5.56 Å². The molecule has 0 bridgehead atoms. The van der Waals surface area contributed by atoms with Gasteiger partial charge in [-0.1, -0.05) is 13.8 Å². The lowest BCUT2D eigenvalue weighted by atomic mass is 9.90. The molecule has 0 saturated heterocycles. The predicted molar refractivity (Wildman–Crippen MR) is 78.2 cm³/mol. The summed E-state index contributed by atoms with van der Waals surface area (Å²) in [6.45, 7) is 5.35. The quantitative estimate of drug-likeness (QED) is 0.825. The van der Waals surface area contributed by atoms with Crippen molar-refractivity contribution in [1.82, 2.24) is 10.3 Å². The van der Waals surface area contributed by atoms with Gasteiger partial charge in [0.05, 0.1) is 18.2 Å². The molecule has 1 aromatic rings. The zero-order valence-corrected chi connectivity index (χ0v) is 13.0. The van der Waals surface area contributed by atoms with Gasteiger partial charge < -0.3 is 15.2 Å². The SMILES string of the molecule is COCc1cnc(C(=O)NC(C)(C#N)C(C)C)c(C(=O)O)c1. The number of carbonyl (C=O) groups is 2. The third-order valence-electron chi connectivity index (χ3n) is 3.46. The van der Waals surface area contributed by atoms with E-state index in [1.165, 1.54) is 19.4 Å². The van der Waals surface area contributed by atoms with Gasteiger partial charge in [0, 0.05) is 13.3 Å². The van der Waals surface area contributed by atoms with Crippen molar-refractivity contribution in [2.24, 2.45) is 5.92 Å². The van der Waals surface area contributed by atoms with Crippen molar-refractivity contribution in [3.05, 3.63) is 29.1 Å². The number of amides is 1. The van der Waals surface area contributed by atoms with E-state index >= 15 is 0 Å². The maximum atomic E-state index is 12.3. The lowest BCUT2D eigenvalue weighted by Crippen LogP contribution is -2.49. The van der Waals surface area contributed by atoms with Crippen molar-refractivity contribution >= 4 is 11.9 Å². The molecule has 0 aliphatic heterocycles. The highest BCUT2D eigenvalue weighted by Crippen LogP contribution is 2.17. The number of methoxy groups -OCH3 is 1. The molecule has 1 rings (SSSR count). The molecule has 118 valence electrons. The van der Waals surface area contributed by atoms with E-state index in [9.17, 15) is 20.0 Å². The van der Waals surface area contributed by atoms with E-state index in [0.717, 1.165) is 0 Å². The third kappa shape index (κ3) is 3.80. The van der Waals surface area contributed by atoms with Crippen LogP contribution in [0.15, 0.2) is 12.3 Å². The number of nitrogens with zero attached hydrogens (tertiary/aromatic N) is 2. The zero-order valence-electron chi connectivity index (χ0n) is 13.0. The van der Waals surface area contributed by atoms with E-state index < -0.39 is 17.4 Å². The van der Waals surface area contributed by atoms with Crippen LogP contribution < -0.4 is 5.32 Å². The Morgan fingerprint density at radius 3 is 2.64 bits per heavy atom. The number of hydrogen-bond acceptors (Lipinski definition) is 5. The second-order valence-electron chi connectivity index (χ2n) is 5.40. The maximum absolute atomic E-state index is 12.3. The van der Waals surface area contributed by atoms with Crippen LogP contribution in [0.2, 0.25) is 0 Å². The van der Waals surface area contributed by atoms with Gasteiger partial charge in [-0.05, 0) is 24.5 Å². The molecule has 0 spiro atoms. The lowest BCUT2D eigenvalue weighted by Gasteiger charge is -2.27. The van der Waals surface area contributed by atoms with Crippen molar-refractivity contribution in [1.29, 1.82) is 5.26 Å². The standard InChI is InChI=1S/C15H19N3O4/c1-9(2)15(3,8-16)18-13(19)12-11(14(20)21)5-10(6-17-12)7-22-4/h5-6,9H,7H2,1-4H3,(H,18,19)(H,20,21). The van der Waals surface area contributed by atoms with Crippen molar-refractivity contribution in [2.45, 2.75) is 32.9 Å². The van der Waals surface area contributed by atoms with E-state index in [1.807, 2.05) is 6.07 Å². The molecule has 1 unspecified atom stereocenters. The number of hydrogen-bond donors (Lipinski definition) is 2. The summed E-state index contributed by atoms with van der Waals surface area (Å²) in [5, 5.41) is 21.0. The fourth-order valence-corrected chi connectivity index (χ4v) is 1.69. The minimum Gasteiger partial charge on any atom is -0.478 e. The van der Waals surface area contributed by atoms with Gasteiger partial charge in [0.15, 0.2) is 0 Å². The first kappa shape index (κ1) is 17.6. The fraction of sp³-hybridized carbons (Fsp3) is 0.467. The molecule has 0 aromatic carbocycles. The van der Waals surface area contributed by atoms with Crippen LogP contribution in [-0.2, 0) is 11.3 Å². The number of nitriles is 1. The van der Waals surface area contributed by atoms with Crippen molar-refractivity contribution in [3.8, 4) is 6.07 Å². The number of carboxylic acid groups (broad SMARTS) is 1. The lowest BCUT2D eigenvalue weighted by molar-refractivity contribution is 0.0688. The fourth-order valence-electron chi connectivity index (χ4n) is 1.69. The number of aromatic nitrogens is 1. The number of nitrogens with one attached hydrogen (secondary N) is 1. The van der Waals surface area contributed by atoms with Crippen molar-refractivity contribution in [3.63, 3.8) is 0 Å². The van der Waals surface area contributed by atoms with E-state index in [-0.39, 0.29) is 23.8 Å². The molecule has 1 atom stereocenters. The minimum atomic E-state index is -1.26. The topological polar surface area (TPSA) is 112 Å². The predicted octanol–water partition coefficient (Wildman–Crippen LogP) is 1.59. The highest BCUT2D eigenvalue weighted by atomic mass is 16.5. The molecule has 1 aromatic heterocycles. The van der Waals surface area contributed by atoms with Crippen LogP contribution in [0.25, 0.3) is 0 Å². The first-order valence-corrected chi connectivity index (χ1v) is 6.70. The summed E-state index contributed by atoms with van der Waals surface area (Å²) in [5.74, 6) is -2.11. The number of ether oxygens (including phenoxy) is 1. The Labute approximate surface area is 128 Å². The summed E-state index contributed by atoms with van der Waals surface area (Å²) in [5.41, 5.74) is -1.02. The molecule has 0 radical (unpaired) electrons. The van der Waals surface area contributed by atoms with E-state index in [2.05, 4.69) is 10.3 Å². The van der Waals surface area contributed by atoms with Crippen LogP contribution in [0.4, 0.5) is 0 Å². The van der Waals surface area contributed by atoms with Gasteiger partial charge in [0.1, 0.15) is 11.2 Å². The van der Waals surface area contributed by atoms with Crippen LogP contribution in [0.3, 0.4) is 0 Å². The Bertz CT molecular complexity index is 622. The molecule has 0 aliphatic rings. The number of aromatic carboxylic acids is 1. The van der Waals surface area contributed by atoms with Crippen LogP contribution in [-0.4, -0.2) is 34.6 Å². The van der Waals surface area contributed by atoms with Gasteiger partial charge >= 0.3 is 5.97 Å². The first-order chi connectivity index (χ1) is 10.2. The van der Waals surface area contributed by atoms with E-state index in [1.54, 1.807) is 20.8 Å². The molecule has 22 heavy (non-hydrogen) atoms. The second-order valence-corrected chi connectivity index (χ2v) is 5.40. The summed E-state index contributed by atoms with van der Waals surface area (Å²) < 4.78 is 4.92. The van der Waals surface area contributed by atoms with Gasteiger partial charge in [0.2, 0.25) is 0 Å². The number of carboxylic acids is 1. The highest BCUT2D eigenvalue weighted by molar-refractivity contribution is 6.03. The maximum Gasteiger partial charge on any atom is 0.338 e. The monoisotopic (exact) mass is 305 g/mol. The van der Waals surface area contributed by atoms with Crippen LogP contribution in [0, 0.1) is 17.2 Å². The summed E-state index contributed by atoms with van der Waals surface area (Å²) in [4.78, 5) is 27.5. The summed E-state index contributed by atoms with van der Waals surface area (Å²) in [6.07, 6.45) is 1.38. The van der Waals surface area contributed by atoms with Crippen LogP contribution in [0.1, 0.15) is 47.2 Å². The molecule has 0 aliphatic carbocycles. The largest absolute Gasteiger partial charge is 0.478 e. The van der Waals surface area contributed by atoms with Gasteiger partial charge in [-0.25, -0.2) is 9.78 Å². The smallest absolute Gasteiger partial charge is 0.338 e. The molecular weight excluding hydrogens is 286 g/mol.